The Bertz CT molecular complexity index is 1330. The monoisotopic (exact) mass is 418 g/mol. The molecular weight excluding hydrogens is 400 g/mol. The van der Waals surface area contributed by atoms with Crippen LogP contribution in [-0.4, -0.2) is 35.6 Å². The summed E-state index contributed by atoms with van der Waals surface area (Å²) in [5.41, 5.74) is 9.49. The molecular formula is C22H18N4O3S. The maximum atomic E-state index is 13.3. The van der Waals surface area contributed by atoms with Gasteiger partial charge < -0.3 is 5.73 Å². The average molecular weight is 418 g/mol. The highest BCUT2D eigenvalue weighted by Gasteiger charge is 2.22. The highest BCUT2D eigenvalue weighted by Crippen LogP contribution is 2.29. The third-order valence-electron chi connectivity index (χ3n) is 4.71. The fourth-order valence-corrected chi connectivity index (χ4v) is 3.81. The van der Waals surface area contributed by atoms with Crippen LogP contribution in [0.15, 0.2) is 78.0 Å². The first-order valence-corrected chi connectivity index (χ1v) is 10.9. The molecule has 0 unspecified atom stereocenters. The number of rotatable bonds is 5. The molecule has 4 rings (SSSR count). The average Bonchev–Trinajstić information content (AvgIpc) is 3.15. The van der Waals surface area contributed by atoms with Crippen molar-refractivity contribution in [2.24, 2.45) is 0 Å². The fraction of sp³-hybridized carbons (Fsp3) is 0.0455. The normalized spacial score (nSPS) is 11.4. The van der Waals surface area contributed by atoms with Gasteiger partial charge in [-0.25, -0.2) is 8.42 Å². The zero-order chi connectivity index (χ0) is 21.3. The van der Waals surface area contributed by atoms with Gasteiger partial charge in [0.25, 0.3) is 0 Å². The topological polar surface area (TPSA) is 119 Å². The van der Waals surface area contributed by atoms with Crippen LogP contribution in [0.5, 0.6) is 0 Å². The van der Waals surface area contributed by atoms with Gasteiger partial charge in [-0.15, -0.1) is 0 Å². The predicted molar refractivity (Wildman–Crippen MR) is 115 cm³/mol. The molecule has 2 aromatic carbocycles. The number of H-pyrrole nitrogens is 1. The van der Waals surface area contributed by atoms with E-state index in [9.17, 15) is 13.2 Å². The number of anilines is 1. The first kappa shape index (κ1) is 19.5. The zero-order valence-electron chi connectivity index (χ0n) is 16.0. The number of nitrogen functional groups attached to an aromatic ring is 1. The molecule has 8 heteroatoms. The highest BCUT2D eigenvalue weighted by molar-refractivity contribution is 7.90. The van der Waals surface area contributed by atoms with E-state index in [0.717, 1.165) is 17.4 Å². The minimum atomic E-state index is -3.32. The van der Waals surface area contributed by atoms with E-state index in [1.165, 1.54) is 12.1 Å². The number of benzene rings is 2. The molecule has 0 radical (unpaired) electrons. The Balaban J connectivity index is 1.74. The Morgan fingerprint density at radius 2 is 1.70 bits per heavy atom. The third kappa shape index (κ3) is 3.72. The Labute approximate surface area is 173 Å². The van der Waals surface area contributed by atoms with Crippen molar-refractivity contribution in [1.29, 1.82) is 0 Å². The van der Waals surface area contributed by atoms with E-state index in [-0.39, 0.29) is 22.1 Å². The molecule has 3 N–H and O–H groups in total. The summed E-state index contributed by atoms with van der Waals surface area (Å²) in [7, 11) is -3.32. The minimum absolute atomic E-state index is 0.0778. The highest BCUT2D eigenvalue weighted by atomic mass is 32.2. The first-order valence-electron chi connectivity index (χ1n) is 9.04. The van der Waals surface area contributed by atoms with Crippen LogP contribution >= 0.6 is 0 Å². The van der Waals surface area contributed by atoms with Gasteiger partial charge in [0, 0.05) is 35.3 Å². The van der Waals surface area contributed by atoms with E-state index < -0.39 is 9.84 Å². The third-order valence-corrected chi connectivity index (χ3v) is 5.84. The van der Waals surface area contributed by atoms with Gasteiger partial charge in [-0.05, 0) is 29.8 Å². The summed E-state index contributed by atoms with van der Waals surface area (Å²) in [6, 6.07) is 17.1. The van der Waals surface area contributed by atoms with E-state index in [1.807, 2.05) is 18.2 Å². The molecule has 0 fully saturated rings. The van der Waals surface area contributed by atoms with Gasteiger partial charge in [0.05, 0.1) is 16.2 Å². The summed E-state index contributed by atoms with van der Waals surface area (Å²) in [5, 5.41) is 6.79. The number of carbonyl (C=O) groups excluding carboxylic acids is 1. The maximum Gasteiger partial charge on any atom is 0.199 e. The van der Waals surface area contributed by atoms with Gasteiger partial charge in [-0.3, -0.25) is 14.9 Å². The smallest absolute Gasteiger partial charge is 0.199 e. The van der Waals surface area contributed by atoms with Crippen molar-refractivity contribution in [3.05, 3.63) is 84.2 Å². The second kappa shape index (κ2) is 7.57. The number of hydrogen-bond donors (Lipinski definition) is 2. The van der Waals surface area contributed by atoms with Crippen LogP contribution in [0.1, 0.15) is 15.9 Å². The van der Waals surface area contributed by atoms with E-state index in [0.29, 0.717) is 16.8 Å². The molecule has 0 spiro atoms. The molecule has 4 aromatic rings. The van der Waals surface area contributed by atoms with Crippen LogP contribution in [0.4, 0.5) is 5.82 Å². The Kier molecular flexibility index (Phi) is 4.93. The van der Waals surface area contributed by atoms with Crippen molar-refractivity contribution in [3.63, 3.8) is 0 Å². The zero-order valence-corrected chi connectivity index (χ0v) is 16.8. The molecule has 150 valence electrons. The molecule has 0 atom stereocenters. The van der Waals surface area contributed by atoms with Gasteiger partial charge in [0.15, 0.2) is 21.4 Å². The minimum Gasteiger partial charge on any atom is -0.382 e. The maximum absolute atomic E-state index is 13.3. The predicted octanol–water partition coefficient (Wildman–Crippen LogP) is 3.36. The molecule has 0 bridgehead atoms. The summed E-state index contributed by atoms with van der Waals surface area (Å²) in [4.78, 5) is 17.6. The molecule has 2 heterocycles. The Morgan fingerprint density at radius 1 is 0.967 bits per heavy atom. The number of nitrogens with two attached hydrogens (primary N) is 1. The lowest BCUT2D eigenvalue weighted by Gasteiger charge is -2.07. The van der Waals surface area contributed by atoms with Crippen LogP contribution in [-0.2, 0) is 9.84 Å². The van der Waals surface area contributed by atoms with Crippen LogP contribution in [0.3, 0.4) is 0 Å². The molecule has 0 saturated heterocycles. The number of aromatic nitrogens is 3. The van der Waals surface area contributed by atoms with Gasteiger partial charge in [-0.2, -0.15) is 5.10 Å². The molecule has 7 nitrogen and oxygen atoms in total. The van der Waals surface area contributed by atoms with E-state index >= 15 is 0 Å². The quantitative estimate of drug-likeness (QED) is 0.480. The summed E-state index contributed by atoms with van der Waals surface area (Å²) >= 11 is 0. The number of nitrogens with zero attached hydrogens (tertiary/aromatic N) is 2. The van der Waals surface area contributed by atoms with Crippen molar-refractivity contribution >= 4 is 21.4 Å². The fourth-order valence-electron chi connectivity index (χ4n) is 3.18. The second-order valence-electron chi connectivity index (χ2n) is 6.81. The molecule has 2 aromatic heterocycles. The largest absolute Gasteiger partial charge is 0.382 e. The van der Waals surface area contributed by atoms with Crippen molar-refractivity contribution in [2.45, 2.75) is 4.90 Å². The summed E-state index contributed by atoms with van der Waals surface area (Å²) < 4.78 is 23.4. The Hall–Kier alpha value is -3.78. The van der Waals surface area contributed by atoms with Gasteiger partial charge in [0.1, 0.15) is 0 Å². The number of nitrogens with one attached hydrogen (secondary N) is 1. The lowest BCUT2D eigenvalue weighted by atomic mass is 9.97. The van der Waals surface area contributed by atoms with Gasteiger partial charge in [-0.1, -0.05) is 36.4 Å². The van der Waals surface area contributed by atoms with Gasteiger partial charge >= 0.3 is 0 Å². The number of hydrogen-bond acceptors (Lipinski definition) is 6. The summed E-state index contributed by atoms with van der Waals surface area (Å²) in [6.07, 6.45) is 4.55. The molecule has 0 saturated carbocycles. The van der Waals surface area contributed by atoms with Crippen LogP contribution in [0.2, 0.25) is 0 Å². The first-order chi connectivity index (χ1) is 14.3. The van der Waals surface area contributed by atoms with E-state index in [4.69, 9.17) is 5.73 Å². The van der Waals surface area contributed by atoms with Crippen LogP contribution in [0, 0.1) is 0 Å². The molecule has 0 aliphatic heterocycles. The van der Waals surface area contributed by atoms with Crippen molar-refractivity contribution in [1.82, 2.24) is 15.2 Å². The SMILES string of the molecule is CS(=O)(=O)c1ccc(-c2[nH]nc(N)c2C(=O)c2cccc(-c3cccnc3)c2)cc1. The van der Waals surface area contributed by atoms with Crippen LogP contribution in [0.25, 0.3) is 22.4 Å². The second-order valence-corrected chi connectivity index (χ2v) is 8.82. The number of sulfone groups is 1. The number of carbonyl (C=O) groups is 1. The standard InChI is InChI=1S/C22H18N4O3S/c1-30(28,29)18-9-7-14(8-10-18)20-19(22(23)26-25-20)21(27)16-5-2-4-15(12-16)17-6-3-11-24-13-17/h2-13H,1H3,(H3,23,25,26). The van der Waals surface area contributed by atoms with Gasteiger partial charge in [0.2, 0.25) is 0 Å². The van der Waals surface area contributed by atoms with Crippen molar-refractivity contribution in [3.8, 4) is 22.4 Å². The Morgan fingerprint density at radius 3 is 2.37 bits per heavy atom. The lowest BCUT2D eigenvalue weighted by molar-refractivity contribution is 0.104. The number of ketones is 1. The molecule has 0 amide bonds. The number of pyridine rings is 1. The summed E-state index contributed by atoms with van der Waals surface area (Å²) in [5.74, 6) is -0.205. The lowest BCUT2D eigenvalue weighted by Crippen LogP contribution is -2.05. The molecule has 0 aliphatic rings. The summed E-state index contributed by atoms with van der Waals surface area (Å²) in [6.45, 7) is 0. The van der Waals surface area contributed by atoms with E-state index in [2.05, 4.69) is 15.2 Å². The van der Waals surface area contributed by atoms with E-state index in [1.54, 1.807) is 42.7 Å². The van der Waals surface area contributed by atoms with Crippen molar-refractivity contribution in [2.75, 3.05) is 12.0 Å². The number of aromatic amines is 1. The molecule has 0 aliphatic carbocycles. The molecule has 30 heavy (non-hydrogen) atoms. The van der Waals surface area contributed by atoms with Crippen LogP contribution < -0.4 is 5.73 Å². The van der Waals surface area contributed by atoms with Crippen molar-refractivity contribution < 1.29 is 13.2 Å².